The average molecular weight is 265 g/mol. The molecule has 0 saturated carbocycles. The lowest BCUT2D eigenvalue weighted by Crippen LogP contribution is -2.16. The van der Waals surface area contributed by atoms with Crippen molar-refractivity contribution in [2.75, 3.05) is 11.5 Å². The van der Waals surface area contributed by atoms with Crippen molar-refractivity contribution in [3.63, 3.8) is 0 Å². The fraction of sp³-hybridized carbons (Fsp3) is 0.143. The first-order chi connectivity index (χ1) is 8.59. The van der Waals surface area contributed by atoms with Crippen LogP contribution in [-0.4, -0.2) is 5.75 Å². The van der Waals surface area contributed by atoms with Gasteiger partial charge in [0.2, 0.25) is 0 Å². The fourth-order valence-corrected chi connectivity index (χ4v) is 2.46. The number of hydrogen-bond acceptors (Lipinski definition) is 2. The van der Waals surface area contributed by atoms with Crippen molar-refractivity contribution in [1.82, 2.24) is 0 Å². The molecule has 0 unspecified atom stereocenters. The maximum absolute atomic E-state index is 13.9. The van der Waals surface area contributed by atoms with Crippen molar-refractivity contribution in [2.45, 2.75) is 10.8 Å². The van der Waals surface area contributed by atoms with Gasteiger partial charge in [-0.15, -0.1) is 11.8 Å². The van der Waals surface area contributed by atoms with Crippen LogP contribution in [0.4, 0.5) is 14.5 Å². The molecule has 2 aromatic rings. The van der Waals surface area contributed by atoms with E-state index in [1.807, 2.05) is 0 Å². The highest BCUT2D eigenvalue weighted by atomic mass is 32.2. The summed E-state index contributed by atoms with van der Waals surface area (Å²) in [4.78, 5) is 0.688. The molecule has 0 bridgehead atoms. The first-order valence-electron chi connectivity index (χ1n) is 5.50. The third kappa shape index (κ3) is 3.01. The van der Waals surface area contributed by atoms with Gasteiger partial charge in [-0.25, -0.2) is 8.78 Å². The summed E-state index contributed by atoms with van der Waals surface area (Å²) < 4.78 is 27.8. The Hall–Kier alpha value is -1.55. The van der Waals surface area contributed by atoms with Crippen molar-refractivity contribution in [3.8, 4) is 0 Å². The van der Waals surface area contributed by atoms with Crippen LogP contribution in [0.25, 0.3) is 0 Å². The predicted molar refractivity (Wildman–Crippen MR) is 71.9 cm³/mol. The van der Waals surface area contributed by atoms with Crippen LogP contribution in [0.15, 0.2) is 59.5 Å². The molecule has 2 aromatic carbocycles. The summed E-state index contributed by atoms with van der Waals surface area (Å²) in [6.07, 6.45) is 0. The summed E-state index contributed by atoms with van der Waals surface area (Å²) in [7, 11) is 0. The molecule has 1 nitrogen and oxygen atoms in total. The van der Waals surface area contributed by atoms with Gasteiger partial charge in [0.1, 0.15) is 0 Å². The van der Waals surface area contributed by atoms with Crippen LogP contribution >= 0.6 is 11.8 Å². The predicted octanol–water partition coefficient (Wildman–Crippen LogP) is 4.15. The number of nitrogens with two attached hydrogens (primary N) is 1. The van der Waals surface area contributed by atoms with Gasteiger partial charge in [-0.05, 0) is 12.1 Å². The zero-order valence-corrected chi connectivity index (χ0v) is 10.5. The highest BCUT2D eigenvalue weighted by molar-refractivity contribution is 7.99. The number of hydrogen-bond donors (Lipinski definition) is 1. The van der Waals surface area contributed by atoms with Gasteiger partial charge < -0.3 is 5.73 Å². The van der Waals surface area contributed by atoms with Gasteiger partial charge in [0, 0.05) is 16.1 Å². The number of anilines is 1. The van der Waals surface area contributed by atoms with Gasteiger partial charge in [0.15, 0.2) is 0 Å². The number of nitrogen functional groups attached to an aromatic ring is 1. The molecule has 0 spiro atoms. The third-order valence-corrected chi connectivity index (χ3v) is 3.71. The summed E-state index contributed by atoms with van der Waals surface area (Å²) in [5.41, 5.74) is 6.29. The summed E-state index contributed by atoms with van der Waals surface area (Å²) in [6.45, 7) is 0. The van der Waals surface area contributed by atoms with Crippen LogP contribution < -0.4 is 5.73 Å². The van der Waals surface area contributed by atoms with Crippen molar-refractivity contribution >= 4 is 17.4 Å². The number of rotatable bonds is 4. The third-order valence-electron chi connectivity index (χ3n) is 2.52. The minimum absolute atomic E-state index is 0.0343. The Labute approximate surface area is 109 Å². The molecule has 0 heterocycles. The van der Waals surface area contributed by atoms with E-state index in [9.17, 15) is 8.78 Å². The second kappa shape index (κ2) is 5.40. The van der Waals surface area contributed by atoms with E-state index in [0.29, 0.717) is 10.6 Å². The summed E-state index contributed by atoms with van der Waals surface area (Å²) in [5.74, 6) is -3.17. The van der Waals surface area contributed by atoms with Gasteiger partial charge in [-0.3, -0.25) is 0 Å². The molecule has 94 valence electrons. The highest BCUT2D eigenvalue weighted by Crippen LogP contribution is 2.35. The van der Waals surface area contributed by atoms with Crippen molar-refractivity contribution < 1.29 is 8.78 Å². The lowest BCUT2D eigenvalue weighted by atomic mass is 10.1. The van der Waals surface area contributed by atoms with E-state index in [1.165, 1.54) is 12.1 Å². The minimum Gasteiger partial charge on any atom is -0.398 e. The van der Waals surface area contributed by atoms with E-state index in [-0.39, 0.29) is 11.3 Å². The van der Waals surface area contributed by atoms with Gasteiger partial charge in [-0.2, -0.15) is 0 Å². The normalized spacial score (nSPS) is 11.4. The number of benzene rings is 2. The number of thioether (sulfide) groups is 1. The Morgan fingerprint density at radius 2 is 1.56 bits per heavy atom. The maximum Gasteiger partial charge on any atom is 0.282 e. The second-order valence-corrected chi connectivity index (χ2v) is 4.91. The summed E-state index contributed by atoms with van der Waals surface area (Å²) in [6, 6.07) is 14.9. The van der Waals surface area contributed by atoms with Crippen LogP contribution in [0.3, 0.4) is 0 Å². The lowest BCUT2D eigenvalue weighted by molar-refractivity contribution is 0.0232. The zero-order valence-electron chi connectivity index (χ0n) is 9.64. The molecule has 0 saturated heterocycles. The van der Waals surface area contributed by atoms with E-state index >= 15 is 0 Å². The largest absolute Gasteiger partial charge is 0.398 e. The number of halogens is 2. The monoisotopic (exact) mass is 265 g/mol. The zero-order chi connectivity index (χ0) is 13.0. The minimum atomic E-state index is -2.85. The second-order valence-electron chi connectivity index (χ2n) is 3.90. The first-order valence-corrected chi connectivity index (χ1v) is 6.49. The van der Waals surface area contributed by atoms with Gasteiger partial charge in [-0.1, -0.05) is 42.5 Å². The highest BCUT2D eigenvalue weighted by Gasteiger charge is 2.31. The number of alkyl halides is 2. The molecule has 0 aliphatic carbocycles. The van der Waals surface area contributed by atoms with Crippen LogP contribution in [0, 0.1) is 0 Å². The van der Waals surface area contributed by atoms with E-state index in [4.69, 9.17) is 5.73 Å². The summed E-state index contributed by atoms with van der Waals surface area (Å²) in [5, 5.41) is 0. The van der Waals surface area contributed by atoms with Crippen LogP contribution in [-0.2, 0) is 5.92 Å². The molecule has 0 aromatic heterocycles. The first kappa shape index (κ1) is 12.9. The Morgan fingerprint density at radius 3 is 2.22 bits per heavy atom. The molecule has 2 rings (SSSR count). The molecule has 0 aliphatic rings. The maximum atomic E-state index is 13.9. The molecule has 0 fully saturated rings. The summed E-state index contributed by atoms with van der Waals surface area (Å²) >= 11 is 1.07. The van der Waals surface area contributed by atoms with Crippen molar-refractivity contribution in [1.29, 1.82) is 0 Å². The molecule has 0 amide bonds. The van der Waals surface area contributed by atoms with E-state index in [0.717, 1.165) is 11.8 Å². The quantitative estimate of drug-likeness (QED) is 0.663. The molecule has 18 heavy (non-hydrogen) atoms. The molecule has 4 heteroatoms. The van der Waals surface area contributed by atoms with Crippen LogP contribution in [0.5, 0.6) is 0 Å². The SMILES string of the molecule is Nc1ccccc1SCC(F)(F)c1ccccc1. The molecule has 0 radical (unpaired) electrons. The molecule has 0 aliphatic heterocycles. The van der Waals surface area contributed by atoms with E-state index in [2.05, 4.69) is 0 Å². The van der Waals surface area contributed by atoms with Crippen molar-refractivity contribution in [2.24, 2.45) is 0 Å². The van der Waals surface area contributed by atoms with Crippen LogP contribution in [0.2, 0.25) is 0 Å². The Bertz CT molecular complexity index is 514. The topological polar surface area (TPSA) is 26.0 Å². The average Bonchev–Trinajstić information content (AvgIpc) is 2.39. The Kier molecular flexibility index (Phi) is 3.87. The Morgan fingerprint density at radius 1 is 0.944 bits per heavy atom. The van der Waals surface area contributed by atoms with Gasteiger partial charge in [0.05, 0.1) is 5.75 Å². The molecular weight excluding hydrogens is 252 g/mol. The molecule has 2 N–H and O–H groups in total. The lowest BCUT2D eigenvalue weighted by Gasteiger charge is -2.16. The van der Waals surface area contributed by atoms with Gasteiger partial charge in [0.25, 0.3) is 5.92 Å². The molecular formula is C14H13F2NS. The standard InChI is InChI=1S/C14H13F2NS/c15-14(16,11-6-2-1-3-7-11)10-18-13-9-5-4-8-12(13)17/h1-9H,10,17H2. The van der Waals surface area contributed by atoms with Crippen LogP contribution in [0.1, 0.15) is 5.56 Å². The smallest absolute Gasteiger partial charge is 0.282 e. The molecule has 0 atom stereocenters. The fourth-order valence-electron chi connectivity index (χ4n) is 1.55. The van der Waals surface area contributed by atoms with E-state index in [1.54, 1.807) is 42.5 Å². The van der Waals surface area contributed by atoms with Crippen molar-refractivity contribution in [3.05, 3.63) is 60.2 Å². The van der Waals surface area contributed by atoms with Gasteiger partial charge >= 0.3 is 0 Å². The Balaban J connectivity index is 2.08. The number of para-hydroxylation sites is 1. The van der Waals surface area contributed by atoms with E-state index < -0.39 is 5.92 Å².